The molecule has 0 bridgehead atoms. The average Bonchev–Trinajstić information content (AvgIpc) is 2.49. The van der Waals surface area contributed by atoms with Gasteiger partial charge in [-0.3, -0.25) is 4.68 Å². The van der Waals surface area contributed by atoms with Crippen LogP contribution < -0.4 is 0 Å². The number of rotatable bonds is 4. The number of aliphatic hydroxyl groups is 1. The van der Waals surface area contributed by atoms with Crippen molar-refractivity contribution in [1.82, 2.24) is 9.78 Å². The lowest BCUT2D eigenvalue weighted by molar-refractivity contribution is 0.000401. The number of methoxy groups -OCH3 is 1. The van der Waals surface area contributed by atoms with Crippen molar-refractivity contribution in [1.29, 1.82) is 0 Å². The summed E-state index contributed by atoms with van der Waals surface area (Å²) >= 11 is 0. The van der Waals surface area contributed by atoms with E-state index in [4.69, 9.17) is 4.74 Å². The maximum Gasteiger partial charge on any atom is 0.0840 e. The first-order chi connectivity index (χ1) is 6.13. The van der Waals surface area contributed by atoms with Crippen LogP contribution in [0.2, 0.25) is 0 Å². The molecule has 0 saturated heterocycles. The standard InChI is InChI=1S/C9H16N2O2/c1-7(13-3)9(12)4-8-5-10-11(2)6-8/h5-7,9,12H,4H2,1-3H3. The van der Waals surface area contributed by atoms with Crippen molar-refractivity contribution >= 4 is 0 Å². The van der Waals surface area contributed by atoms with Gasteiger partial charge in [-0.25, -0.2) is 0 Å². The van der Waals surface area contributed by atoms with E-state index < -0.39 is 6.10 Å². The van der Waals surface area contributed by atoms with E-state index in [0.717, 1.165) is 5.56 Å². The summed E-state index contributed by atoms with van der Waals surface area (Å²) in [7, 11) is 3.45. The lowest BCUT2D eigenvalue weighted by Crippen LogP contribution is -2.26. The van der Waals surface area contributed by atoms with E-state index >= 15 is 0 Å². The van der Waals surface area contributed by atoms with Crippen molar-refractivity contribution in [2.45, 2.75) is 25.6 Å². The molecule has 1 heterocycles. The Balaban J connectivity index is 2.49. The van der Waals surface area contributed by atoms with Gasteiger partial charge in [-0.2, -0.15) is 5.10 Å². The topological polar surface area (TPSA) is 47.3 Å². The van der Waals surface area contributed by atoms with Gasteiger partial charge in [-0.15, -0.1) is 0 Å². The first-order valence-corrected chi connectivity index (χ1v) is 4.32. The zero-order valence-electron chi connectivity index (χ0n) is 8.27. The van der Waals surface area contributed by atoms with Gasteiger partial charge < -0.3 is 9.84 Å². The number of hydrogen-bond acceptors (Lipinski definition) is 3. The van der Waals surface area contributed by atoms with Gasteiger partial charge in [-0.1, -0.05) is 0 Å². The predicted molar refractivity (Wildman–Crippen MR) is 49.4 cm³/mol. The Kier molecular flexibility index (Phi) is 3.45. The van der Waals surface area contributed by atoms with E-state index in [1.54, 1.807) is 18.0 Å². The maximum atomic E-state index is 9.62. The Morgan fingerprint density at radius 3 is 2.85 bits per heavy atom. The van der Waals surface area contributed by atoms with Gasteiger partial charge in [0.05, 0.1) is 18.4 Å². The van der Waals surface area contributed by atoms with Gasteiger partial charge in [0.2, 0.25) is 0 Å². The molecule has 0 amide bonds. The Labute approximate surface area is 78.1 Å². The molecule has 74 valence electrons. The van der Waals surface area contributed by atoms with E-state index in [-0.39, 0.29) is 6.10 Å². The minimum Gasteiger partial charge on any atom is -0.390 e. The number of ether oxygens (including phenoxy) is 1. The fraction of sp³-hybridized carbons (Fsp3) is 0.667. The molecule has 1 rings (SSSR count). The lowest BCUT2D eigenvalue weighted by atomic mass is 10.1. The van der Waals surface area contributed by atoms with Gasteiger partial charge in [0, 0.05) is 26.8 Å². The van der Waals surface area contributed by atoms with Crippen LogP contribution in [0.5, 0.6) is 0 Å². The number of aromatic nitrogens is 2. The zero-order chi connectivity index (χ0) is 9.84. The molecule has 1 aromatic rings. The Bertz CT molecular complexity index is 260. The average molecular weight is 184 g/mol. The molecular formula is C9H16N2O2. The van der Waals surface area contributed by atoms with Crippen molar-refractivity contribution in [3.05, 3.63) is 18.0 Å². The second-order valence-electron chi connectivity index (χ2n) is 3.23. The molecule has 13 heavy (non-hydrogen) atoms. The first kappa shape index (κ1) is 10.2. The third-order valence-electron chi connectivity index (χ3n) is 2.12. The summed E-state index contributed by atoms with van der Waals surface area (Å²) < 4.78 is 6.74. The largest absolute Gasteiger partial charge is 0.390 e. The highest BCUT2D eigenvalue weighted by Crippen LogP contribution is 2.06. The van der Waals surface area contributed by atoms with Crippen LogP contribution in [-0.2, 0) is 18.2 Å². The highest BCUT2D eigenvalue weighted by Gasteiger charge is 2.14. The lowest BCUT2D eigenvalue weighted by Gasteiger charge is -2.15. The molecule has 0 aliphatic rings. The van der Waals surface area contributed by atoms with E-state index in [2.05, 4.69) is 5.10 Å². The number of aryl methyl sites for hydroxylation is 1. The third-order valence-corrected chi connectivity index (χ3v) is 2.12. The molecule has 4 heteroatoms. The fourth-order valence-electron chi connectivity index (χ4n) is 1.14. The molecule has 1 N–H and O–H groups in total. The van der Waals surface area contributed by atoms with Crippen LogP contribution >= 0.6 is 0 Å². The molecule has 0 aromatic carbocycles. The highest BCUT2D eigenvalue weighted by atomic mass is 16.5. The van der Waals surface area contributed by atoms with E-state index in [0.29, 0.717) is 6.42 Å². The molecule has 0 fully saturated rings. The molecule has 0 aliphatic heterocycles. The third kappa shape index (κ3) is 2.82. The quantitative estimate of drug-likeness (QED) is 0.735. The van der Waals surface area contributed by atoms with Gasteiger partial charge in [0.25, 0.3) is 0 Å². The minimum absolute atomic E-state index is 0.139. The van der Waals surface area contributed by atoms with E-state index in [9.17, 15) is 5.11 Å². The van der Waals surface area contributed by atoms with Crippen LogP contribution in [-0.4, -0.2) is 34.2 Å². The Morgan fingerprint density at radius 1 is 1.69 bits per heavy atom. The van der Waals surface area contributed by atoms with Crippen molar-refractivity contribution in [3.8, 4) is 0 Å². The van der Waals surface area contributed by atoms with E-state index in [1.807, 2.05) is 20.2 Å². The SMILES string of the molecule is COC(C)C(O)Cc1cnn(C)c1. The molecule has 0 saturated carbocycles. The zero-order valence-corrected chi connectivity index (χ0v) is 8.27. The molecule has 0 aliphatic carbocycles. The second kappa shape index (κ2) is 4.39. The van der Waals surface area contributed by atoms with Crippen molar-refractivity contribution in [2.24, 2.45) is 7.05 Å². The molecule has 1 aromatic heterocycles. The number of hydrogen-bond donors (Lipinski definition) is 1. The van der Waals surface area contributed by atoms with E-state index in [1.165, 1.54) is 0 Å². The van der Waals surface area contributed by atoms with Crippen LogP contribution in [0.15, 0.2) is 12.4 Å². The number of nitrogens with zero attached hydrogens (tertiary/aromatic N) is 2. The smallest absolute Gasteiger partial charge is 0.0840 e. The summed E-state index contributed by atoms with van der Waals surface area (Å²) in [6, 6.07) is 0. The summed E-state index contributed by atoms with van der Waals surface area (Å²) in [5.41, 5.74) is 1.03. The van der Waals surface area contributed by atoms with Crippen LogP contribution in [0.4, 0.5) is 0 Å². The van der Waals surface area contributed by atoms with Crippen LogP contribution in [0.3, 0.4) is 0 Å². The minimum atomic E-state index is -0.464. The second-order valence-corrected chi connectivity index (χ2v) is 3.23. The summed E-state index contributed by atoms with van der Waals surface area (Å²) in [4.78, 5) is 0. The molecule has 2 atom stereocenters. The van der Waals surface area contributed by atoms with Crippen LogP contribution in [0, 0.1) is 0 Å². The first-order valence-electron chi connectivity index (χ1n) is 4.32. The van der Waals surface area contributed by atoms with Crippen molar-refractivity contribution in [3.63, 3.8) is 0 Å². The monoisotopic (exact) mass is 184 g/mol. The van der Waals surface area contributed by atoms with Crippen molar-refractivity contribution in [2.75, 3.05) is 7.11 Å². The fourth-order valence-corrected chi connectivity index (χ4v) is 1.14. The number of aliphatic hydroxyl groups excluding tert-OH is 1. The molecule has 0 spiro atoms. The van der Waals surface area contributed by atoms with Gasteiger partial charge in [0.15, 0.2) is 0 Å². The summed E-state index contributed by atoms with van der Waals surface area (Å²) in [5.74, 6) is 0. The highest BCUT2D eigenvalue weighted by molar-refractivity contribution is 5.05. The van der Waals surface area contributed by atoms with Gasteiger partial charge in [0.1, 0.15) is 0 Å². The maximum absolute atomic E-state index is 9.62. The summed E-state index contributed by atoms with van der Waals surface area (Å²) in [6.07, 6.45) is 3.63. The van der Waals surface area contributed by atoms with Crippen LogP contribution in [0.25, 0.3) is 0 Å². The predicted octanol–water partition coefficient (Wildman–Crippen LogP) is 0.358. The van der Waals surface area contributed by atoms with Gasteiger partial charge >= 0.3 is 0 Å². The summed E-state index contributed by atoms with van der Waals surface area (Å²) in [6.45, 7) is 1.85. The Morgan fingerprint density at radius 2 is 2.38 bits per heavy atom. The molecule has 0 radical (unpaired) electrons. The summed E-state index contributed by atoms with van der Waals surface area (Å²) in [5, 5.41) is 13.6. The normalized spacial score (nSPS) is 15.7. The van der Waals surface area contributed by atoms with Crippen LogP contribution in [0.1, 0.15) is 12.5 Å². The van der Waals surface area contributed by atoms with Gasteiger partial charge in [-0.05, 0) is 12.5 Å². The molecule has 4 nitrogen and oxygen atoms in total. The Hall–Kier alpha value is -0.870. The molecular weight excluding hydrogens is 168 g/mol. The van der Waals surface area contributed by atoms with Crippen molar-refractivity contribution < 1.29 is 9.84 Å². The molecule has 2 unspecified atom stereocenters.